The van der Waals surface area contributed by atoms with Gasteiger partial charge in [0.2, 0.25) is 11.7 Å². The van der Waals surface area contributed by atoms with Gasteiger partial charge in [-0.3, -0.25) is 19.3 Å². The van der Waals surface area contributed by atoms with E-state index in [1.165, 1.54) is 12.5 Å². The Bertz CT molecular complexity index is 1030. The molecule has 0 bridgehead atoms. The number of nitrogens with one attached hydrogen (secondary N) is 3. The number of nitrogens with zero attached hydrogens (tertiary/aromatic N) is 1. The van der Waals surface area contributed by atoms with Crippen molar-refractivity contribution in [2.75, 3.05) is 19.3 Å². The van der Waals surface area contributed by atoms with Crippen molar-refractivity contribution in [1.29, 1.82) is 0 Å². The molecule has 4 amide bonds. The van der Waals surface area contributed by atoms with Gasteiger partial charge in [0.1, 0.15) is 12.3 Å². The summed E-state index contributed by atoms with van der Waals surface area (Å²) < 4.78 is 0.240. The Labute approximate surface area is 309 Å². The molecule has 1 heterocycles. The molecule has 0 aromatic heterocycles. The van der Waals surface area contributed by atoms with Crippen molar-refractivity contribution in [3.8, 4) is 0 Å². The second-order valence-corrected chi connectivity index (χ2v) is 18.6. The SMILES string of the molecule is C=CC(C=O)NC(=O)NC1(CCSC(C)(C)C)CCCCC1.CC(C)C.CC(C)C.CC1CC1CC(NC(=O)[C@@H]1CCCN1C)C(=O)C(N)=O. The highest BCUT2D eigenvalue weighted by atomic mass is 32.2. The number of urea groups is 1. The fourth-order valence-electron chi connectivity index (χ4n) is 5.74. The minimum atomic E-state index is -0.969. The molecule has 3 fully saturated rings. The zero-order valence-corrected chi connectivity index (χ0v) is 34.2. The van der Waals surface area contributed by atoms with E-state index in [2.05, 4.69) is 91.8 Å². The van der Waals surface area contributed by atoms with E-state index < -0.39 is 23.8 Å². The van der Waals surface area contributed by atoms with E-state index in [1.54, 1.807) is 0 Å². The minimum absolute atomic E-state index is 0.130. The summed E-state index contributed by atoms with van der Waals surface area (Å²) in [4.78, 5) is 60.1. The summed E-state index contributed by atoms with van der Waals surface area (Å²) in [5.74, 6) is 1.84. The molecule has 1 saturated heterocycles. The lowest BCUT2D eigenvalue weighted by Gasteiger charge is -2.39. The number of ketones is 1. The third-order valence-electron chi connectivity index (χ3n) is 8.52. The average Bonchev–Trinajstić information content (AvgIpc) is 3.51. The first-order valence-corrected chi connectivity index (χ1v) is 19.8. The Morgan fingerprint density at radius 2 is 1.52 bits per heavy atom. The first-order chi connectivity index (χ1) is 23.2. The zero-order chi connectivity index (χ0) is 38.7. The number of nitrogens with two attached hydrogens (primary N) is 1. The predicted molar refractivity (Wildman–Crippen MR) is 209 cm³/mol. The van der Waals surface area contributed by atoms with E-state index in [0.717, 1.165) is 75.5 Å². The Balaban J connectivity index is 0.000000792. The van der Waals surface area contributed by atoms with Gasteiger partial charge in [0.05, 0.1) is 12.1 Å². The lowest BCUT2D eigenvalue weighted by Crippen LogP contribution is -2.55. The molecule has 5 N–H and O–H groups in total. The molecule has 0 aromatic carbocycles. The van der Waals surface area contributed by atoms with Crippen LogP contribution in [0.3, 0.4) is 0 Å². The molecule has 11 heteroatoms. The topological polar surface area (TPSA) is 151 Å². The number of carbonyl (C=O) groups excluding carboxylic acids is 5. The Morgan fingerprint density at radius 3 is 1.92 bits per heavy atom. The van der Waals surface area contributed by atoms with Crippen LogP contribution in [0.2, 0.25) is 0 Å². The highest BCUT2D eigenvalue weighted by molar-refractivity contribution is 8.00. The molecule has 290 valence electrons. The monoisotopic (exact) mass is 724 g/mol. The maximum absolute atomic E-state index is 12.2. The summed E-state index contributed by atoms with van der Waals surface area (Å²) in [7, 11) is 1.89. The van der Waals surface area contributed by atoms with Crippen LogP contribution in [0.15, 0.2) is 12.7 Å². The third kappa shape index (κ3) is 21.7. The van der Waals surface area contributed by atoms with Crippen molar-refractivity contribution >= 4 is 41.7 Å². The van der Waals surface area contributed by atoms with Gasteiger partial charge >= 0.3 is 6.03 Å². The summed E-state index contributed by atoms with van der Waals surface area (Å²) in [6.45, 7) is 26.2. The molecule has 0 aromatic rings. The number of carbonyl (C=O) groups is 5. The molecule has 10 nitrogen and oxygen atoms in total. The third-order valence-corrected chi connectivity index (χ3v) is 9.79. The number of aldehydes is 1. The second kappa shape index (κ2) is 24.0. The lowest BCUT2D eigenvalue weighted by molar-refractivity contribution is -0.139. The molecule has 3 aliphatic rings. The molecule has 0 spiro atoms. The zero-order valence-electron chi connectivity index (χ0n) is 33.4. The van der Waals surface area contributed by atoms with Crippen molar-refractivity contribution < 1.29 is 24.0 Å². The first-order valence-electron chi connectivity index (χ1n) is 18.8. The van der Waals surface area contributed by atoms with Gasteiger partial charge in [0.25, 0.3) is 5.91 Å². The molecule has 4 unspecified atom stereocenters. The van der Waals surface area contributed by atoms with Gasteiger partial charge in [-0.2, -0.15) is 11.8 Å². The summed E-state index contributed by atoms with van der Waals surface area (Å²) in [5, 5.41) is 8.53. The molecule has 5 atom stereocenters. The predicted octanol–water partition coefficient (Wildman–Crippen LogP) is 6.65. The Kier molecular flexibility index (Phi) is 22.8. The van der Waals surface area contributed by atoms with E-state index in [1.807, 2.05) is 23.7 Å². The molecular weight excluding hydrogens is 651 g/mol. The number of thioether (sulfide) groups is 1. The molecular formula is C39H73N5O5S. The van der Waals surface area contributed by atoms with Crippen molar-refractivity contribution in [3.05, 3.63) is 12.7 Å². The van der Waals surface area contributed by atoms with Crippen LogP contribution in [0.1, 0.15) is 133 Å². The van der Waals surface area contributed by atoms with Crippen molar-refractivity contribution in [2.45, 2.75) is 162 Å². The Hall–Kier alpha value is -2.40. The van der Waals surface area contributed by atoms with E-state index in [9.17, 15) is 24.0 Å². The normalized spacial score (nSPS) is 22.1. The summed E-state index contributed by atoms with van der Waals surface area (Å²) >= 11 is 1.93. The van der Waals surface area contributed by atoms with Gasteiger partial charge in [-0.25, -0.2) is 4.79 Å². The number of amides is 4. The minimum Gasteiger partial charge on any atom is -0.363 e. The van der Waals surface area contributed by atoms with E-state index in [-0.39, 0.29) is 28.3 Å². The van der Waals surface area contributed by atoms with Crippen LogP contribution in [-0.2, 0) is 19.2 Å². The largest absolute Gasteiger partial charge is 0.363 e. The number of Topliss-reactive ketones (excluding diaryl/α,β-unsaturated/α-hetero) is 1. The van der Waals surface area contributed by atoms with Crippen LogP contribution in [0.25, 0.3) is 0 Å². The number of rotatable bonds is 13. The maximum Gasteiger partial charge on any atom is 0.316 e. The molecule has 2 aliphatic carbocycles. The van der Waals surface area contributed by atoms with E-state index >= 15 is 0 Å². The Morgan fingerprint density at radius 1 is 0.980 bits per heavy atom. The van der Waals surface area contributed by atoms with Crippen LogP contribution in [-0.4, -0.2) is 82.6 Å². The lowest BCUT2D eigenvalue weighted by atomic mass is 9.80. The number of likely N-dealkylation sites (N-methyl/N-ethyl adjacent to an activating group) is 1. The number of primary amides is 1. The fraction of sp³-hybridized carbons (Fsp3) is 0.821. The second-order valence-electron chi connectivity index (χ2n) is 16.6. The van der Waals surface area contributed by atoms with Gasteiger partial charge in [0, 0.05) is 10.3 Å². The molecule has 3 rings (SSSR count). The van der Waals surface area contributed by atoms with Crippen molar-refractivity contribution in [2.24, 2.45) is 29.4 Å². The van der Waals surface area contributed by atoms with Gasteiger partial charge < -0.3 is 26.5 Å². The molecule has 2 saturated carbocycles. The van der Waals surface area contributed by atoms with Crippen LogP contribution < -0.4 is 21.7 Å². The number of hydrogen-bond acceptors (Lipinski definition) is 7. The number of likely N-dealkylation sites (tertiary alicyclic amines) is 1. The molecule has 1 aliphatic heterocycles. The highest BCUT2D eigenvalue weighted by Crippen LogP contribution is 2.41. The quantitative estimate of drug-likeness (QED) is 0.0944. The average molecular weight is 724 g/mol. The molecule has 50 heavy (non-hydrogen) atoms. The maximum atomic E-state index is 12.2. The fourth-order valence-corrected chi connectivity index (χ4v) is 6.84. The van der Waals surface area contributed by atoms with Crippen molar-refractivity contribution in [3.63, 3.8) is 0 Å². The van der Waals surface area contributed by atoms with Crippen LogP contribution in [0, 0.1) is 23.7 Å². The standard InChI is InChI=1S/C17H30N2O2S.C14H23N3O3.2C4H10/c1-5-14(13-20)18-15(21)19-17(9-7-6-8-10-17)11-12-22-16(2,3)4;1-8-6-9(8)7-10(12(18)13(15)19)16-14(20)11-4-3-5-17(11)2;2*1-4(2)3/h5,13-14H,1,6-12H2,2-4H3,(H2,18,19,21);8-11H,3-7H2,1-2H3,(H2,15,19)(H,16,20);2*4H,1-3H3/t;8?,9?,10?,11-;;/m.0../s1. The van der Waals surface area contributed by atoms with Crippen LogP contribution in [0.4, 0.5) is 4.79 Å². The van der Waals surface area contributed by atoms with Gasteiger partial charge in [-0.1, -0.05) is 94.6 Å². The van der Waals surface area contributed by atoms with Crippen LogP contribution in [0.5, 0.6) is 0 Å². The van der Waals surface area contributed by atoms with E-state index in [0.29, 0.717) is 24.5 Å². The smallest absolute Gasteiger partial charge is 0.316 e. The molecule has 0 radical (unpaired) electrons. The first kappa shape index (κ1) is 47.6. The summed E-state index contributed by atoms with van der Waals surface area (Å²) in [6.07, 6.45) is 12.0. The van der Waals surface area contributed by atoms with Gasteiger partial charge in [-0.15, -0.1) is 6.58 Å². The van der Waals surface area contributed by atoms with Crippen molar-refractivity contribution in [1.82, 2.24) is 20.9 Å². The van der Waals surface area contributed by atoms with Gasteiger partial charge in [-0.05, 0) is 88.0 Å². The van der Waals surface area contributed by atoms with Crippen LogP contribution >= 0.6 is 11.8 Å². The highest BCUT2D eigenvalue weighted by Gasteiger charge is 2.39. The summed E-state index contributed by atoms with van der Waals surface area (Å²) in [5.41, 5.74) is 4.94. The van der Waals surface area contributed by atoms with Gasteiger partial charge in [0.15, 0.2) is 0 Å². The summed E-state index contributed by atoms with van der Waals surface area (Å²) in [6, 6.07) is -1.84. The number of hydrogen-bond donors (Lipinski definition) is 4. The van der Waals surface area contributed by atoms with E-state index in [4.69, 9.17) is 5.73 Å².